The van der Waals surface area contributed by atoms with Gasteiger partial charge in [-0.2, -0.15) is 0 Å². The first-order valence-electron chi connectivity index (χ1n) is 20.1. The number of nitrogens with zero attached hydrogens (tertiary/aromatic N) is 2. The van der Waals surface area contributed by atoms with Crippen molar-refractivity contribution in [2.24, 2.45) is 23.7 Å². The Morgan fingerprint density at radius 3 is 2.70 bits per heavy atom. The number of halogens is 1. The van der Waals surface area contributed by atoms with Crippen LogP contribution < -0.4 is 14.4 Å². The highest BCUT2D eigenvalue weighted by Gasteiger charge is 2.45. The number of anilines is 1. The highest BCUT2D eigenvalue weighted by Crippen LogP contribution is 2.47. The molecule has 288 valence electrons. The second-order valence-electron chi connectivity index (χ2n) is 16.9. The van der Waals surface area contributed by atoms with Crippen molar-refractivity contribution in [1.82, 2.24) is 9.62 Å². The number of hydrogen-bond donors (Lipinski definition) is 1. The summed E-state index contributed by atoms with van der Waals surface area (Å²) in [5, 5.41) is 0.0939. The minimum Gasteiger partial charge on any atom is -0.490 e. The normalized spacial score (nSPS) is 33.0. The summed E-state index contributed by atoms with van der Waals surface area (Å²) in [5.74, 6) is 1.09. The first-order chi connectivity index (χ1) is 25.6. The lowest BCUT2D eigenvalue weighted by molar-refractivity contribution is -0.0499. The molecular weight excluding hydrogens is 710 g/mol. The van der Waals surface area contributed by atoms with Gasteiger partial charge in [0.1, 0.15) is 5.75 Å². The van der Waals surface area contributed by atoms with Crippen molar-refractivity contribution in [2.75, 3.05) is 57.5 Å². The number of carbonyl (C=O) groups excluding carboxylic acids is 1. The van der Waals surface area contributed by atoms with Crippen LogP contribution >= 0.6 is 11.6 Å². The molecule has 2 bridgehead atoms. The van der Waals surface area contributed by atoms with E-state index in [4.69, 9.17) is 25.8 Å². The summed E-state index contributed by atoms with van der Waals surface area (Å²) in [6, 6.07) is 12.0. The van der Waals surface area contributed by atoms with Crippen molar-refractivity contribution in [3.8, 4) is 5.75 Å². The molecule has 1 saturated heterocycles. The standard InChI is InChI=1S/C42H56ClN3O6S/c1-28-5-3-7-38(51-25-29(2)45-17-19-50-20-18-45)35-13-10-33(35)24-46-26-42(16-4-6-31-22-34(43)12-14-36(31)42)27-52-39-15-11-32(23-37(39)46)41(47)44-53(48,49)40(28)21-30-8-9-30/h3,7,11-12,14-15,22-23,28-30,33,35,38,40H,4-6,8-10,13,16-21,24-27H2,1-2H3,(H,44,47)/b7-3+/t28-,29+,33-,35+,38-,40-,42-/m0/s1. The SMILES string of the molecule is C[C@H](CO[C@H]1/C=C/C[C@H](C)[C@H](CC2CC2)S(=O)(=O)NC(=O)c2ccc3c(c2)N(C[C@@H]2CC[C@H]21)C[C@@]1(CCCc2cc(Cl)ccc21)CO3)N1CCOCC1. The lowest BCUT2D eigenvalue weighted by Gasteiger charge is -2.46. The Labute approximate surface area is 320 Å². The number of fused-ring (bicyclic) bond motifs is 4. The lowest BCUT2D eigenvalue weighted by atomic mass is 9.68. The van der Waals surface area contributed by atoms with Crippen LogP contribution in [0.3, 0.4) is 0 Å². The van der Waals surface area contributed by atoms with Crippen LogP contribution in [0.15, 0.2) is 48.6 Å². The van der Waals surface area contributed by atoms with E-state index in [0.29, 0.717) is 49.4 Å². The number of hydrogen-bond acceptors (Lipinski definition) is 8. The monoisotopic (exact) mass is 765 g/mol. The molecular formula is C42H56ClN3O6S. The van der Waals surface area contributed by atoms with E-state index in [9.17, 15) is 13.2 Å². The molecule has 0 aromatic heterocycles. The molecule has 1 spiro atoms. The lowest BCUT2D eigenvalue weighted by Crippen LogP contribution is -2.50. The molecule has 0 radical (unpaired) electrons. The van der Waals surface area contributed by atoms with Crippen molar-refractivity contribution >= 4 is 33.2 Å². The van der Waals surface area contributed by atoms with Crippen LogP contribution in [0.2, 0.25) is 5.02 Å². The van der Waals surface area contributed by atoms with Crippen LogP contribution in [0.4, 0.5) is 5.69 Å². The van der Waals surface area contributed by atoms with E-state index in [1.54, 1.807) is 6.07 Å². The van der Waals surface area contributed by atoms with Crippen molar-refractivity contribution < 1.29 is 27.4 Å². The molecule has 0 unspecified atom stereocenters. The Morgan fingerprint density at radius 2 is 1.92 bits per heavy atom. The molecule has 3 aliphatic heterocycles. The van der Waals surface area contributed by atoms with E-state index >= 15 is 0 Å². The van der Waals surface area contributed by atoms with Crippen LogP contribution in [-0.4, -0.2) is 89.2 Å². The molecule has 2 aromatic carbocycles. The first-order valence-corrected chi connectivity index (χ1v) is 22.0. The molecule has 9 nitrogen and oxygen atoms in total. The number of rotatable bonds is 6. The van der Waals surface area contributed by atoms with Crippen LogP contribution in [-0.2, 0) is 31.3 Å². The number of amides is 1. The zero-order chi connectivity index (χ0) is 36.7. The molecule has 3 aliphatic carbocycles. The smallest absolute Gasteiger partial charge is 0.264 e. The Morgan fingerprint density at radius 1 is 1.09 bits per heavy atom. The quantitative estimate of drug-likeness (QED) is 0.322. The maximum absolute atomic E-state index is 14.0. The third-order valence-corrected chi connectivity index (χ3v) is 15.4. The van der Waals surface area contributed by atoms with Gasteiger partial charge >= 0.3 is 0 Å². The summed E-state index contributed by atoms with van der Waals surface area (Å²) < 4.78 is 49.8. The van der Waals surface area contributed by atoms with Gasteiger partial charge in [-0.05, 0) is 117 Å². The maximum atomic E-state index is 14.0. The predicted molar refractivity (Wildman–Crippen MR) is 208 cm³/mol. The number of nitrogens with one attached hydrogen (secondary N) is 1. The fourth-order valence-corrected chi connectivity index (χ4v) is 11.6. The van der Waals surface area contributed by atoms with Crippen LogP contribution in [0.1, 0.15) is 86.7 Å². The van der Waals surface area contributed by atoms with Gasteiger partial charge in [0.2, 0.25) is 10.0 Å². The molecule has 11 heteroatoms. The van der Waals surface area contributed by atoms with Gasteiger partial charge in [0, 0.05) is 48.2 Å². The largest absolute Gasteiger partial charge is 0.490 e. The molecule has 7 atom stereocenters. The maximum Gasteiger partial charge on any atom is 0.264 e. The number of ether oxygens (including phenoxy) is 3. The van der Waals surface area contributed by atoms with E-state index in [1.807, 2.05) is 25.1 Å². The second-order valence-corrected chi connectivity index (χ2v) is 19.3. The Balaban J connectivity index is 1.15. The summed E-state index contributed by atoms with van der Waals surface area (Å²) in [7, 11) is -3.95. The molecule has 1 amide bonds. The van der Waals surface area contributed by atoms with Gasteiger partial charge in [-0.15, -0.1) is 0 Å². The van der Waals surface area contributed by atoms with Gasteiger partial charge in [0.25, 0.3) is 5.91 Å². The van der Waals surface area contributed by atoms with Gasteiger partial charge in [-0.25, -0.2) is 13.1 Å². The Bertz CT molecular complexity index is 1790. The highest BCUT2D eigenvalue weighted by atomic mass is 35.5. The summed E-state index contributed by atoms with van der Waals surface area (Å²) >= 11 is 6.50. The topological polar surface area (TPSA) is 97.4 Å². The van der Waals surface area contributed by atoms with Gasteiger partial charge in [-0.1, -0.05) is 49.6 Å². The summed E-state index contributed by atoms with van der Waals surface area (Å²) in [5.41, 5.74) is 3.50. The molecule has 3 heterocycles. The number of aryl methyl sites for hydroxylation is 1. The summed E-state index contributed by atoms with van der Waals surface area (Å²) in [4.78, 5) is 18.7. The molecule has 6 aliphatic rings. The Kier molecular flexibility index (Phi) is 10.9. The summed E-state index contributed by atoms with van der Waals surface area (Å²) in [6.07, 6.45) is 12.8. The zero-order valence-corrected chi connectivity index (χ0v) is 32.9. The average Bonchev–Trinajstić information content (AvgIpc) is 3.98. The summed E-state index contributed by atoms with van der Waals surface area (Å²) in [6.45, 7) is 10.3. The van der Waals surface area contributed by atoms with Gasteiger partial charge < -0.3 is 19.1 Å². The molecule has 53 heavy (non-hydrogen) atoms. The van der Waals surface area contributed by atoms with Gasteiger partial charge in [0.15, 0.2) is 0 Å². The van der Waals surface area contributed by atoms with Crippen molar-refractivity contribution in [3.05, 3.63) is 70.3 Å². The zero-order valence-electron chi connectivity index (χ0n) is 31.3. The highest BCUT2D eigenvalue weighted by molar-refractivity contribution is 7.90. The number of sulfonamides is 1. The van der Waals surface area contributed by atoms with E-state index < -0.39 is 21.2 Å². The van der Waals surface area contributed by atoms with E-state index in [2.05, 4.69) is 45.7 Å². The van der Waals surface area contributed by atoms with E-state index in [0.717, 1.165) is 101 Å². The molecule has 2 aromatic rings. The van der Waals surface area contributed by atoms with Crippen molar-refractivity contribution in [2.45, 2.75) is 94.4 Å². The van der Waals surface area contributed by atoms with Gasteiger partial charge in [0.05, 0.1) is 43.5 Å². The number of benzene rings is 2. The first kappa shape index (κ1) is 37.3. The van der Waals surface area contributed by atoms with Crippen LogP contribution in [0, 0.1) is 23.7 Å². The molecule has 2 saturated carbocycles. The van der Waals surface area contributed by atoms with E-state index in [1.165, 1.54) is 11.1 Å². The minimum atomic E-state index is -3.95. The molecule has 1 N–H and O–H groups in total. The van der Waals surface area contributed by atoms with E-state index in [-0.39, 0.29) is 23.5 Å². The number of allylic oxidation sites excluding steroid dienone is 1. The fraction of sp³-hybridized carbons (Fsp3) is 0.643. The molecule has 8 rings (SSSR count). The van der Waals surface area contributed by atoms with Gasteiger partial charge in [-0.3, -0.25) is 9.69 Å². The fourth-order valence-electron chi connectivity index (χ4n) is 9.68. The number of morpholine rings is 1. The van der Waals surface area contributed by atoms with Crippen LogP contribution in [0.25, 0.3) is 0 Å². The average molecular weight is 766 g/mol. The van der Waals surface area contributed by atoms with Crippen LogP contribution in [0.5, 0.6) is 5.75 Å². The third kappa shape index (κ3) is 8.04. The van der Waals surface area contributed by atoms with Crippen molar-refractivity contribution in [3.63, 3.8) is 0 Å². The Hall–Kier alpha value is -2.63. The predicted octanol–water partition coefficient (Wildman–Crippen LogP) is 6.77. The third-order valence-electron chi connectivity index (χ3n) is 13.2. The van der Waals surface area contributed by atoms with Crippen molar-refractivity contribution in [1.29, 1.82) is 0 Å². The second kappa shape index (κ2) is 15.5. The molecule has 3 fully saturated rings. The number of carbonyl (C=O) groups is 1. The minimum absolute atomic E-state index is 0.0731.